The Morgan fingerprint density at radius 1 is 1.53 bits per heavy atom. The topological polar surface area (TPSA) is 56.1 Å². The van der Waals surface area contributed by atoms with E-state index in [0.717, 1.165) is 23.6 Å². The van der Waals surface area contributed by atoms with Crippen LogP contribution in [0.15, 0.2) is 0 Å². The first-order chi connectivity index (χ1) is 8.93. The molecule has 1 aliphatic rings. The van der Waals surface area contributed by atoms with Crippen LogP contribution in [-0.2, 0) is 11.8 Å². The second-order valence-corrected chi connectivity index (χ2v) is 5.75. The highest BCUT2D eigenvalue weighted by Crippen LogP contribution is 2.38. The minimum atomic E-state index is 0.126. The minimum Gasteiger partial charge on any atom is -0.481 e. The summed E-state index contributed by atoms with van der Waals surface area (Å²) in [4.78, 5) is 11.8. The Balaban J connectivity index is 2.36. The Labute approximate surface area is 114 Å². The smallest absolute Gasteiger partial charge is 0.220 e. The molecule has 1 saturated heterocycles. The monoisotopic (exact) mass is 265 g/mol. The van der Waals surface area contributed by atoms with E-state index in [-0.39, 0.29) is 17.9 Å². The van der Waals surface area contributed by atoms with Gasteiger partial charge in [-0.1, -0.05) is 13.8 Å². The fourth-order valence-corrected chi connectivity index (χ4v) is 3.06. The SMILES string of the molecule is COc1c(C2CC(=O)NC2CC(C)C)c(C)nn1C. The summed E-state index contributed by atoms with van der Waals surface area (Å²) in [5.74, 6) is 1.61. The second-order valence-electron chi connectivity index (χ2n) is 5.75. The molecule has 5 nitrogen and oxygen atoms in total. The molecular weight excluding hydrogens is 242 g/mol. The summed E-state index contributed by atoms with van der Waals surface area (Å²) >= 11 is 0. The van der Waals surface area contributed by atoms with E-state index >= 15 is 0 Å². The molecular formula is C14H23N3O2. The largest absolute Gasteiger partial charge is 0.481 e. The van der Waals surface area contributed by atoms with E-state index < -0.39 is 0 Å². The van der Waals surface area contributed by atoms with E-state index in [0.29, 0.717) is 12.3 Å². The zero-order valence-electron chi connectivity index (χ0n) is 12.4. The summed E-state index contributed by atoms with van der Waals surface area (Å²) in [5, 5.41) is 7.51. The van der Waals surface area contributed by atoms with Gasteiger partial charge in [0.2, 0.25) is 11.8 Å². The lowest BCUT2D eigenvalue weighted by molar-refractivity contribution is -0.119. The summed E-state index contributed by atoms with van der Waals surface area (Å²) in [5.41, 5.74) is 2.03. The van der Waals surface area contributed by atoms with Crippen molar-refractivity contribution in [3.05, 3.63) is 11.3 Å². The molecule has 0 bridgehead atoms. The minimum absolute atomic E-state index is 0.126. The predicted octanol–water partition coefficient (Wildman–Crippen LogP) is 1.76. The third kappa shape index (κ3) is 2.60. The first-order valence-corrected chi connectivity index (χ1v) is 6.80. The molecule has 19 heavy (non-hydrogen) atoms. The zero-order valence-corrected chi connectivity index (χ0v) is 12.4. The number of amides is 1. The van der Waals surface area contributed by atoms with E-state index in [9.17, 15) is 4.79 Å². The van der Waals surface area contributed by atoms with Crippen LogP contribution in [0.5, 0.6) is 5.88 Å². The van der Waals surface area contributed by atoms with Crippen molar-refractivity contribution < 1.29 is 9.53 Å². The number of hydrogen-bond acceptors (Lipinski definition) is 3. The van der Waals surface area contributed by atoms with Crippen molar-refractivity contribution in [2.45, 2.75) is 45.6 Å². The van der Waals surface area contributed by atoms with Gasteiger partial charge in [0.05, 0.1) is 12.8 Å². The first-order valence-electron chi connectivity index (χ1n) is 6.80. The highest BCUT2D eigenvalue weighted by Gasteiger charge is 2.37. The summed E-state index contributed by atoms with van der Waals surface area (Å²) < 4.78 is 7.21. The van der Waals surface area contributed by atoms with E-state index in [1.165, 1.54) is 0 Å². The highest BCUT2D eigenvalue weighted by atomic mass is 16.5. The molecule has 0 aromatic carbocycles. The molecule has 106 valence electrons. The van der Waals surface area contributed by atoms with Crippen molar-refractivity contribution in [1.29, 1.82) is 0 Å². The van der Waals surface area contributed by atoms with E-state index in [2.05, 4.69) is 24.3 Å². The highest BCUT2D eigenvalue weighted by molar-refractivity contribution is 5.80. The maximum atomic E-state index is 11.8. The van der Waals surface area contributed by atoms with Gasteiger partial charge in [-0.3, -0.25) is 4.79 Å². The summed E-state index contributed by atoms with van der Waals surface area (Å²) in [6.07, 6.45) is 1.51. The normalized spacial score (nSPS) is 22.9. The number of hydrogen-bond donors (Lipinski definition) is 1. The third-order valence-corrected chi connectivity index (χ3v) is 3.74. The lowest BCUT2D eigenvalue weighted by atomic mass is 9.87. The average molecular weight is 265 g/mol. The van der Waals surface area contributed by atoms with Crippen molar-refractivity contribution in [2.24, 2.45) is 13.0 Å². The molecule has 1 aromatic heterocycles. The number of rotatable bonds is 4. The van der Waals surface area contributed by atoms with Gasteiger partial charge in [0.15, 0.2) is 0 Å². The van der Waals surface area contributed by atoms with E-state index in [4.69, 9.17) is 4.74 Å². The number of nitrogens with zero attached hydrogens (tertiary/aromatic N) is 2. The Morgan fingerprint density at radius 3 is 2.79 bits per heavy atom. The number of aromatic nitrogens is 2. The van der Waals surface area contributed by atoms with Crippen molar-refractivity contribution in [3.63, 3.8) is 0 Å². The lowest BCUT2D eigenvalue weighted by Gasteiger charge is -2.21. The van der Waals surface area contributed by atoms with Crippen LogP contribution < -0.4 is 10.1 Å². The van der Waals surface area contributed by atoms with Crippen LogP contribution in [-0.4, -0.2) is 28.8 Å². The van der Waals surface area contributed by atoms with Gasteiger partial charge in [-0.2, -0.15) is 5.10 Å². The Kier molecular flexibility index (Phi) is 3.83. The van der Waals surface area contributed by atoms with Gasteiger partial charge in [0.1, 0.15) is 0 Å². The third-order valence-electron chi connectivity index (χ3n) is 3.74. The number of nitrogens with one attached hydrogen (secondary N) is 1. The predicted molar refractivity (Wildman–Crippen MR) is 73.2 cm³/mol. The molecule has 1 aromatic rings. The van der Waals surface area contributed by atoms with Gasteiger partial charge in [-0.15, -0.1) is 0 Å². The molecule has 1 fully saturated rings. The van der Waals surface area contributed by atoms with Crippen LogP contribution >= 0.6 is 0 Å². The molecule has 2 atom stereocenters. The number of ether oxygens (including phenoxy) is 1. The van der Waals surface area contributed by atoms with Gasteiger partial charge in [-0.05, 0) is 19.3 Å². The van der Waals surface area contributed by atoms with Crippen molar-refractivity contribution in [3.8, 4) is 5.88 Å². The molecule has 0 radical (unpaired) electrons. The molecule has 0 saturated carbocycles. The van der Waals surface area contributed by atoms with Gasteiger partial charge >= 0.3 is 0 Å². The van der Waals surface area contributed by atoms with Crippen LogP contribution in [0.2, 0.25) is 0 Å². The van der Waals surface area contributed by atoms with Gasteiger partial charge in [0, 0.05) is 31.0 Å². The number of aryl methyl sites for hydroxylation is 2. The molecule has 5 heteroatoms. The number of methoxy groups -OCH3 is 1. The van der Waals surface area contributed by atoms with E-state index in [1.807, 2.05) is 14.0 Å². The van der Waals surface area contributed by atoms with Gasteiger partial charge < -0.3 is 10.1 Å². The molecule has 1 aliphatic heterocycles. The van der Waals surface area contributed by atoms with E-state index in [1.54, 1.807) is 11.8 Å². The van der Waals surface area contributed by atoms with Crippen LogP contribution in [0.3, 0.4) is 0 Å². The Morgan fingerprint density at radius 2 is 2.21 bits per heavy atom. The van der Waals surface area contributed by atoms with Crippen LogP contribution in [0.1, 0.15) is 43.9 Å². The van der Waals surface area contributed by atoms with Gasteiger partial charge in [0.25, 0.3) is 0 Å². The Bertz CT molecular complexity index is 479. The fraction of sp³-hybridized carbons (Fsp3) is 0.714. The number of carbonyl (C=O) groups is 1. The van der Waals surface area contributed by atoms with Crippen LogP contribution in [0.25, 0.3) is 0 Å². The fourth-order valence-electron chi connectivity index (χ4n) is 3.06. The molecule has 2 heterocycles. The molecule has 2 unspecified atom stereocenters. The maximum absolute atomic E-state index is 11.8. The second kappa shape index (κ2) is 5.23. The quantitative estimate of drug-likeness (QED) is 0.902. The molecule has 0 spiro atoms. The summed E-state index contributed by atoms with van der Waals surface area (Å²) in [6.45, 7) is 6.33. The van der Waals surface area contributed by atoms with Crippen LogP contribution in [0, 0.1) is 12.8 Å². The summed E-state index contributed by atoms with van der Waals surface area (Å²) in [7, 11) is 3.53. The summed E-state index contributed by atoms with van der Waals surface area (Å²) in [6, 6.07) is 0.185. The van der Waals surface area contributed by atoms with Crippen molar-refractivity contribution in [1.82, 2.24) is 15.1 Å². The Hall–Kier alpha value is -1.52. The molecule has 1 amide bonds. The number of carbonyl (C=O) groups excluding carboxylic acids is 1. The van der Waals surface area contributed by atoms with Crippen molar-refractivity contribution in [2.75, 3.05) is 7.11 Å². The maximum Gasteiger partial charge on any atom is 0.220 e. The van der Waals surface area contributed by atoms with Crippen molar-refractivity contribution >= 4 is 5.91 Å². The lowest BCUT2D eigenvalue weighted by Crippen LogP contribution is -2.29. The standard InChI is InChI=1S/C14H23N3O2/c1-8(2)6-11-10(7-12(18)15-11)13-9(3)16-17(4)14(13)19-5/h8,10-11H,6-7H2,1-5H3,(H,15,18). The molecule has 2 rings (SSSR count). The van der Waals surface area contributed by atoms with Crippen LogP contribution in [0.4, 0.5) is 0 Å². The average Bonchev–Trinajstić information content (AvgIpc) is 2.77. The first kappa shape index (κ1) is 13.9. The molecule has 1 N–H and O–H groups in total. The zero-order chi connectivity index (χ0) is 14.2. The molecule has 0 aliphatic carbocycles. The van der Waals surface area contributed by atoms with Gasteiger partial charge in [-0.25, -0.2) is 4.68 Å².